The number of anilines is 1. The van der Waals surface area contributed by atoms with Crippen LogP contribution in [0.4, 0.5) is 10.5 Å². The van der Waals surface area contributed by atoms with E-state index in [0.29, 0.717) is 25.2 Å². The van der Waals surface area contributed by atoms with E-state index in [-0.39, 0.29) is 29.3 Å². The number of likely N-dealkylation sites (tertiary alicyclic amines) is 1. The molecule has 0 aliphatic carbocycles. The highest BCUT2D eigenvalue weighted by molar-refractivity contribution is 7.89. The molecule has 0 spiro atoms. The third kappa shape index (κ3) is 6.30. The van der Waals surface area contributed by atoms with Crippen molar-refractivity contribution in [3.8, 4) is 0 Å². The molecular weight excluding hydrogens is 428 g/mol. The lowest BCUT2D eigenvalue weighted by Crippen LogP contribution is -2.44. The van der Waals surface area contributed by atoms with Gasteiger partial charge >= 0.3 is 6.03 Å². The topological polar surface area (TPSA) is 108 Å². The summed E-state index contributed by atoms with van der Waals surface area (Å²) < 4.78 is 26.9. The van der Waals surface area contributed by atoms with Gasteiger partial charge in [-0.25, -0.2) is 17.9 Å². The summed E-state index contributed by atoms with van der Waals surface area (Å²) in [5.74, 6) is -0.0718. The van der Waals surface area contributed by atoms with Crippen LogP contribution < -0.4 is 15.4 Å². The minimum atomic E-state index is -3.63. The van der Waals surface area contributed by atoms with Gasteiger partial charge in [0.15, 0.2) is 0 Å². The van der Waals surface area contributed by atoms with Gasteiger partial charge in [0.1, 0.15) is 0 Å². The molecule has 0 bridgehead atoms. The van der Waals surface area contributed by atoms with Crippen LogP contribution in [0.25, 0.3) is 0 Å². The largest absolute Gasteiger partial charge is 0.338 e. The predicted octanol–water partition coefficient (Wildman–Crippen LogP) is 2.97. The monoisotopic (exact) mass is 458 g/mol. The molecule has 2 aromatic rings. The molecule has 1 atom stereocenters. The van der Waals surface area contributed by atoms with Gasteiger partial charge in [-0.1, -0.05) is 30.7 Å². The molecule has 172 valence electrons. The fraction of sp³-hybridized carbons (Fsp3) is 0.391. The van der Waals surface area contributed by atoms with Crippen LogP contribution in [-0.4, -0.2) is 51.4 Å². The normalized spacial score (nSPS) is 16.4. The summed E-state index contributed by atoms with van der Waals surface area (Å²) in [6.45, 7) is 5.53. The Morgan fingerprint density at radius 3 is 2.59 bits per heavy atom. The van der Waals surface area contributed by atoms with Crippen LogP contribution in [0.2, 0.25) is 0 Å². The van der Waals surface area contributed by atoms with Gasteiger partial charge in [-0.05, 0) is 56.0 Å². The number of carbonyl (C=O) groups is 2. The van der Waals surface area contributed by atoms with Gasteiger partial charge in [-0.15, -0.1) is 0 Å². The lowest BCUT2D eigenvalue weighted by Gasteiger charge is -2.33. The summed E-state index contributed by atoms with van der Waals surface area (Å²) in [4.78, 5) is 27.0. The van der Waals surface area contributed by atoms with Crippen molar-refractivity contribution in [2.24, 2.45) is 5.92 Å². The quantitative estimate of drug-likeness (QED) is 0.593. The highest BCUT2D eigenvalue weighted by Gasteiger charge is 2.25. The number of amides is 3. The van der Waals surface area contributed by atoms with Gasteiger partial charge in [-0.2, -0.15) is 0 Å². The summed E-state index contributed by atoms with van der Waals surface area (Å²) in [5.41, 5.74) is 2.18. The maximum Gasteiger partial charge on any atom is 0.319 e. The van der Waals surface area contributed by atoms with Crippen molar-refractivity contribution in [1.29, 1.82) is 0 Å². The van der Waals surface area contributed by atoms with Crippen LogP contribution in [0.5, 0.6) is 0 Å². The molecule has 1 saturated heterocycles. The Kier molecular flexibility index (Phi) is 7.87. The van der Waals surface area contributed by atoms with Gasteiger partial charge in [-0.3, -0.25) is 4.79 Å². The number of carbonyl (C=O) groups excluding carboxylic acids is 2. The third-order valence-electron chi connectivity index (χ3n) is 5.39. The summed E-state index contributed by atoms with van der Waals surface area (Å²) in [6, 6.07) is 13.4. The lowest BCUT2D eigenvalue weighted by atomic mass is 9.97. The first-order valence-corrected chi connectivity index (χ1v) is 12.3. The van der Waals surface area contributed by atoms with E-state index in [0.717, 1.165) is 24.1 Å². The zero-order chi connectivity index (χ0) is 23.1. The molecule has 1 fully saturated rings. The van der Waals surface area contributed by atoms with Crippen molar-refractivity contribution in [1.82, 2.24) is 14.9 Å². The van der Waals surface area contributed by atoms with Crippen molar-refractivity contribution in [2.45, 2.75) is 31.6 Å². The smallest absolute Gasteiger partial charge is 0.319 e. The van der Waals surface area contributed by atoms with E-state index in [1.54, 1.807) is 24.0 Å². The summed E-state index contributed by atoms with van der Waals surface area (Å²) in [5, 5.41) is 5.69. The molecule has 1 unspecified atom stereocenters. The first-order chi connectivity index (χ1) is 15.3. The molecule has 8 nitrogen and oxygen atoms in total. The van der Waals surface area contributed by atoms with Gasteiger partial charge in [0.05, 0.1) is 4.90 Å². The molecule has 0 aromatic heterocycles. The molecule has 1 heterocycles. The summed E-state index contributed by atoms with van der Waals surface area (Å²) in [6.07, 6.45) is 1.73. The molecule has 1 aliphatic rings. The number of nitrogens with one attached hydrogen (secondary N) is 3. The molecule has 0 radical (unpaired) electrons. The molecule has 9 heteroatoms. The van der Waals surface area contributed by atoms with Crippen LogP contribution >= 0.6 is 0 Å². The minimum absolute atomic E-state index is 0.0770. The van der Waals surface area contributed by atoms with Crippen LogP contribution in [0, 0.1) is 12.8 Å². The number of hydrogen-bond donors (Lipinski definition) is 3. The highest BCUT2D eigenvalue weighted by atomic mass is 32.2. The number of hydrogen-bond acceptors (Lipinski definition) is 4. The number of sulfonamides is 1. The second-order valence-electron chi connectivity index (χ2n) is 7.99. The molecule has 2 aromatic carbocycles. The molecule has 0 saturated carbocycles. The predicted molar refractivity (Wildman–Crippen MR) is 124 cm³/mol. The Bertz CT molecular complexity index is 1050. The summed E-state index contributed by atoms with van der Waals surface area (Å²) >= 11 is 0. The number of piperidine rings is 1. The SMILES string of the molecule is CCNS(=O)(=O)c1cccc(C(=O)N2CCCC(CNC(=O)Nc3ccc(C)cc3)C2)c1. The standard InChI is InChI=1S/C23H30N4O4S/c1-3-25-32(30,31)21-8-4-7-19(14-21)22(28)27-13-5-6-18(16-27)15-24-23(29)26-20-11-9-17(2)10-12-20/h4,7-12,14,18,25H,3,5-6,13,15-16H2,1-2H3,(H2,24,26,29). The fourth-order valence-electron chi connectivity index (χ4n) is 3.72. The maximum absolute atomic E-state index is 13.0. The number of nitrogens with zero attached hydrogens (tertiary/aromatic N) is 1. The van der Waals surface area contributed by atoms with E-state index in [9.17, 15) is 18.0 Å². The van der Waals surface area contributed by atoms with E-state index in [2.05, 4.69) is 15.4 Å². The first kappa shape index (κ1) is 23.7. The van der Waals surface area contributed by atoms with E-state index in [1.165, 1.54) is 12.1 Å². The Morgan fingerprint density at radius 2 is 1.88 bits per heavy atom. The van der Waals surface area contributed by atoms with E-state index >= 15 is 0 Å². The average Bonchev–Trinajstić information content (AvgIpc) is 2.79. The van der Waals surface area contributed by atoms with Crippen LogP contribution in [0.15, 0.2) is 53.4 Å². The van der Waals surface area contributed by atoms with Crippen molar-refractivity contribution >= 4 is 27.6 Å². The van der Waals surface area contributed by atoms with E-state index < -0.39 is 10.0 Å². The summed E-state index contributed by atoms with van der Waals surface area (Å²) in [7, 11) is -3.63. The van der Waals surface area contributed by atoms with Gasteiger partial charge in [0.2, 0.25) is 10.0 Å². The van der Waals surface area contributed by atoms with E-state index in [4.69, 9.17) is 0 Å². The maximum atomic E-state index is 13.0. The number of rotatable bonds is 7. The first-order valence-electron chi connectivity index (χ1n) is 10.8. The average molecular weight is 459 g/mol. The molecule has 3 rings (SSSR count). The third-order valence-corrected chi connectivity index (χ3v) is 6.94. The highest BCUT2D eigenvalue weighted by Crippen LogP contribution is 2.20. The van der Waals surface area contributed by atoms with Gasteiger partial charge in [0, 0.05) is 37.4 Å². The lowest BCUT2D eigenvalue weighted by molar-refractivity contribution is 0.0675. The molecule has 3 N–H and O–H groups in total. The second kappa shape index (κ2) is 10.6. The molecule has 3 amide bonds. The molecule has 1 aliphatic heterocycles. The van der Waals surface area contributed by atoms with Gasteiger partial charge < -0.3 is 15.5 Å². The Labute approximate surface area is 189 Å². The van der Waals surface area contributed by atoms with Gasteiger partial charge in [0.25, 0.3) is 5.91 Å². The number of benzene rings is 2. The zero-order valence-corrected chi connectivity index (χ0v) is 19.2. The Hall–Kier alpha value is -2.91. The Balaban J connectivity index is 1.57. The molecular formula is C23H30N4O4S. The van der Waals surface area contributed by atoms with Crippen LogP contribution in [-0.2, 0) is 10.0 Å². The van der Waals surface area contributed by atoms with Crippen molar-refractivity contribution in [3.63, 3.8) is 0 Å². The number of urea groups is 1. The number of aryl methyl sites for hydroxylation is 1. The zero-order valence-electron chi connectivity index (χ0n) is 18.4. The van der Waals surface area contributed by atoms with Crippen molar-refractivity contribution in [3.05, 3.63) is 59.7 Å². The molecule has 32 heavy (non-hydrogen) atoms. The fourth-order valence-corrected chi connectivity index (χ4v) is 4.80. The van der Waals surface area contributed by atoms with Crippen LogP contribution in [0.1, 0.15) is 35.7 Å². The second-order valence-corrected chi connectivity index (χ2v) is 9.76. The van der Waals surface area contributed by atoms with Crippen molar-refractivity contribution in [2.75, 3.05) is 31.5 Å². The van der Waals surface area contributed by atoms with Crippen LogP contribution in [0.3, 0.4) is 0 Å². The Morgan fingerprint density at radius 1 is 1.12 bits per heavy atom. The minimum Gasteiger partial charge on any atom is -0.338 e. The van der Waals surface area contributed by atoms with Crippen molar-refractivity contribution < 1.29 is 18.0 Å². The van der Waals surface area contributed by atoms with E-state index in [1.807, 2.05) is 31.2 Å².